The molecule has 0 bridgehead atoms. The van der Waals surface area contributed by atoms with Gasteiger partial charge in [-0.25, -0.2) is 8.78 Å². The summed E-state index contributed by atoms with van der Waals surface area (Å²) in [6.07, 6.45) is 0. The number of nitrogens with zero attached hydrogens (tertiary/aromatic N) is 1. The number of rotatable bonds is 8. The second-order valence-corrected chi connectivity index (χ2v) is 8.15. The first kappa shape index (κ1) is 25.1. The fraction of sp³-hybridized carbons (Fsp3) is 0.208. The van der Waals surface area contributed by atoms with Crippen molar-refractivity contribution in [3.8, 4) is 11.4 Å². The van der Waals surface area contributed by atoms with Gasteiger partial charge in [0.2, 0.25) is 0 Å². The van der Waals surface area contributed by atoms with Crippen LogP contribution in [0.4, 0.5) is 8.78 Å². The SMILES string of the molecule is CC(=O)OCC(=O)NCc1ccc(-n2c(C)cc(OCc3ccc(F)cc3F)c(Br)c2=O)cc1. The number of carbonyl (C=O) groups is 2. The van der Waals surface area contributed by atoms with Crippen LogP contribution < -0.4 is 15.6 Å². The average molecular weight is 535 g/mol. The number of ether oxygens (including phenoxy) is 2. The molecule has 1 N–H and O–H groups in total. The summed E-state index contributed by atoms with van der Waals surface area (Å²) >= 11 is 3.25. The molecule has 7 nitrogen and oxygen atoms in total. The van der Waals surface area contributed by atoms with Gasteiger partial charge < -0.3 is 14.8 Å². The first-order valence-corrected chi connectivity index (χ1v) is 10.9. The lowest BCUT2D eigenvalue weighted by molar-refractivity contribution is -0.146. The Labute approximate surface area is 202 Å². The van der Waals surface area contributed by atoms with Crippen LogP contribution in [0.1, 0.15) is 23.7 Å². The molecular formula is C24H21BrF2N2O5. The second-order valence-electron chi connectivity index (χ2n) is 7.35. The normalized spacial score (nSPS) is 10.6. The molecule has 0 aliphatic heterocycles. The topological polar surface area (TPSA) is 86.6 Å². The third-order valence-corrected chi connectivity index (χ3v) is 5.52. The number of benzene rings is 2. The minimum atomic E-state index is -0.733. The molecule has 1 amide bonds. The van der Waals surface area contributed by atoms with E-state index in [1.165, 1.54) is 17.6 Å². The van der Waals surface area contributed by atoms with Crippen LogP contribution in [0.15, 0.2) is 57.8 Å². The summed E-state index contributed by atoms with van der Waals surface area (Å²) in [6, 6.07) is 11.8. The van der Waals surface area contributed by atoms with E-state index in [0.29, 0.717) is 11.4 Å². The predicted molar refractivity (Wildman–Crippen MR) is 124 cm³/mol. The molecule has 0 fully saturated rings. The van der Waals surface area contributed by atoms with E-state index in [9.17, 15) is 23.2 Å². The van der Waals surface area contributed by atoms with Gasteiger partial charge in [0.25, 0.3) is 11.5 Å². The van der Waals surface area contributed by atoms with Crippen molar-refractivity contribution in [2.75, 3.05) is 6.61 Å². The Bertz CT molecular complexity index is 1280. The number of pyridine rings is 1. The zero-order chi connectivity index (χ0) is 24.8. The largest absolute Gasteiger partial charge is 0.487 e. The number of amides is 1. The molecule has 3 rings (SSSR count). The number of nitrogens with one attached hydrogen (secondary N) is 1. The minimum Gasteiger partial charge on any atom is -0.487 e. The van der Waals surface area contributed by atoms with E-state index >= 15 is 0 Å². The standard InChI is InChI=1S/C24H21BrF2N2O5/c1-14-9-21(34-12-17-5-6-18(26)10-20(17)27)23(25)24(32)29(14)19-7-3-16(4-8-19)11-28-22(31)13-33-15(2)30/h3-10H,11-13H2,1-2H3,(H,28,31). The molecule has 1 aromatic heterocycles. The highest BCUT2D eigenvalue weighted by Crippen LogP contribution is 2.25. The molecule has 10 heteroatoms. The third kappa shape index (κ3) is 6.28. The van der Waals surface area contributed by atoms with Crippen molar-refractivity contribution in [2.24, 2.45) is 0 Å². The van der Waals surface area contributed by atoms with Gasteiger partial charge in [-0.1, -0.05) is 12.1 Å². The first-order chi connectivity index (χ1) is 16.2. The Kier molecular flexibility index (Phi) is 8.17. The highest BCUT2D eigenvalue weighted by Gasteiger charge is 2.15. The van der Waals surface area contributed by atoms with Crippen molar-refractivity contribution in [3.05, 3.63) is 91.8 Å². The summed E-state index contributed by atoms with van der Waals surface area (Å²) in [5.74, 6) is -2.15. The van der Waals surface area contributed by atoms with Crippen molar-refractivity contribution in [1.29, 1.82) is 0 Å². The van der Waals surface area contributed by atoms with Gasteiger partial charge in [0, 0.05) is 42.5 Å². The number of aromatic nitrogens is 1. The molecule has 0 atom stereocenters. The van der Waals surface area contributed by atoms with Crippen LogP contribution in [-0.2, 0) is 27.5 Å². The van der Waals surface area contributed by atoms with Crippen LogP contribution in [0, 0.1) is 18.6 Å². The fourth-order valence-electron chi connectivity index (χ4n) is 3.08. The molecule has 178 valence electrons. The van der Waals surface area contributed by atoms with Gasteiger partial charge in [-0.15, -0.1) is 0 Å². The third-order valence-electron chi connectivity index (χ3n) is 4.79. The molecule has 0 aliphatic rings. The van der Waals surface area contributed by atoms with Crippen molar-refractivity contribution < 1.29 is 27.8 Å². The maximum Gasteiger partial charge on any atom is 0.303 e. The summed E-state index contributed by atoms with van der Waals surface area (Å²) in [4.78, 5) is 35.4. The summed E-state index contributed by atoms with van der Waals surface area (Å²) in [7, 11) is 0. The monoisotopic (exact) mass is 534 g/mol. The molecule has 34 heavy (non-hydrogen) atoms. The summed E-state index contributed by atoms with van der Waals surface area (Å²) in [5.41, 5.74) is 1.73. The smallest absolute Gasteiger partial charge is 0.303 e. The van der Waals surface area contributed by atoms with E-state index in [-0.39, 0.29) is 41.1 Å². The van der Waals surface area contributed by atoms with Crippen molar-refractivity contribution in [2.45, 2.75) is 27.0 Å². The van der Waals surface area contributed by atoms with E-state index in [2.05, 4.69) is 26.0 Å². The highest BCUT2D eigenvalue weighted by molar-refractivity contribution is 9.10. The van der Waals surface area contributed by atoms with Crippen molar-refractivity contribution in [1.82, 2.24) is 9.88 Å². The Hall–Kier alpha value is -3.53. The summed E-state index contributed by atoms with van der Waals surface area (Å²) in [6.45, 7) is 2.65. The lowest BCUT2D eigenvalue weighted by atomic mass is 10.2. The number of halogens is 3. The van der Waals surface area contributed by atoms with Gasteiger partial charge in [0.05, 0.1) is 0 Å². The first-order valence-electron chi connectivity index (χ1n) is 10.1. The zero-order valence-electron chi connectivity index (χ0n) is 18.4. The Balaban J connectivity index is 1.72. The lowest BCUT2D eigenvalue weighted by Gasteiger charge is -2.15. The van der Waals surface area contributed by atoms with Crippen molar-refractivity contribution in [3.63, 3.8) is 0 Å². The van der Waals surface area contributed by atoms with Gasteiger partial charge in [0.1, 0.15) is 28.5 Å². The number of aryl methyl sites for hydroxylation is 1. The van der Waals surface area contributed by atoms with E-state index in [1.54, 1.807) is 37.3 Å². The fourth-order valence-corrected chi connectivity index (χ4v) is 3.49. The summed E-state index contributed by atoms with van der Waals surface area (Å²) in [5, 5.41) is 2.63. The molecule has 0 radical (unpaired) electrons. The lowest BCUT2D eigenvalue weighted by Crippen LogP contribution is -2.28. The molecule has 0 aliphatic carbocycles. The molecule has 3 aromatic rings. The molecule has 0 unspecified atom stereocenters. The van der Waals surface area contributed by atoms with Gasteiger partial charge in [0.15, 0.2) is 6.61 Å². The quantitative estimate of drug-likeness (QED) is 0.442. The van der Waals surface area contributed by atoms with Crippen LogP contribution in [0.3, 0.4) is 0 Å². The highest BCUT2D eigenvalue weighted by atomic mass is 79.9. The molecule has 0 saturated carbocycles. The van der Waals surface area contributed by atoms with Gasteiger partial charge in [-0.05, 0) is 52.7 Å². The average Bonchev–Trinajstić information content (AvgIpc) is 2.79. The van der Waals surface area contributed by atoms with E-state index in [4.69, 9.17) is 4.74 Å². The minimum absolute atomic E-state index is 0.155. The number of hydrogen-bond acceptors (Lipinski definition) is 5. The van der Waals surface area contributed by atoms with Gasteiger partial charge >= 0.3 is 5.97 Å². The molecule has 0 saturated heterocycles. The predicted octanol–water partition coefficient (Wildman–Crippen LogP) is 3.94. The van der Waals surface area contributed by atoms with E-state index in [0.717, 1.165) is 17.7 Å². The van der Waals surface area contributed by atoms with Gasteiger partial charge in [-0.2, -0.15) is 0 Å². The maximum atomic E-state index is 13.9. The van der Waals surface area contributed by atoms with Crippen LogP contribution in [0.5, 0.6) is 5.75 Å². The van der Waals surface area contributed by atoms with E-state index in [1.807, 2.05) is 0 Å². The number of hydrogen-bond donors (Lipinski definition) is 1. The molecule has 0 spiro atoms. The molecular weight excluding hydrogens is 514 g/mol. The van der Waals surface area contributed by atoms with Crippen molar-refractivity contribution >= 4 is 27.8 Å². The number of carbonyl (C=O) groups excluding carboxylic acids is 2. The Morgan fingerprint density at radius 3 is 2.44 bits per heavy atom. The van der Waals surface area contributed by atoms with Crippen LogP contribution in [0.2, 0.25) is 0 Å². The van der Waals surface area contributed by atoms with Crippen LogP contribution >= 0.6 is 15.9 Å². The van der Waals surface area contributed by atoms with Gasteiger partial charge in [-0.3, -0.25) is 19.0 Å². The van der Waals surface area contributed by atoms with E-state index < -0.39 is 23.5 Å². The molecule has 2 aromatic carbocycles. The number of esters is 1. The summed E-state index contributed by atoms with van der Waals surface area (Å²) < 4.78 is 38.8. The molecule has 1 heterocycles. The Morgan fingerprint density at radius 2 is 1.79 bits per heavy atom. The second kappa shape index (κ2) is 11.1. The Morgan fingerprint density at radius 1 is 1.09 bits per heavy atom. The zero-order valence-corrected chi connectivity index (χ0v) is 19.9. The van der Waals surface area contributed by atoms with Crippen LogP contribution in [-0.4, -0.2) is 23.1 Å². The van der Waals surface area contributed by atoms with Crippen LogP contribution in [0.25, 0.3) is 5.69 Å². The maximum absolute atomic E-state index is 13.9.